The molecule has 0 bridgehead atoms. The van der Waals surface area contributed by atoms with Gasteiger partial charge >= 0.3 is 0 Å². The Morgan fingerprint density at radius 1 is 1.45 bits per heavy atom. The molecule has 0 atom stereocenters. The van der Waals surface area contributed by atoms with Crippen LogP contribution in [0.5, 0.6) is 0 Å². The Kier molecular flexibility index (Phi) is 5.52. The highest BCUT2D eigenvalue weighted by molar-refractivity contribution is 7.89. The number of hydrogen-bond acceptors (Lipinski definition) is 4. The minimum atomic E-state index is -3.51. The van der Waals surface area contributed by atoms with Gasteiger partial charge in [0.15, 0.2) is 0 Å². The van der Waals surface area contributed by atoms with Crippen molar-refractivity contribution in [1.29, 1.82) is 0 Å². The molecule has 0 saturated heterocycles. The van der Waals surface area contributed by atoms with Crippen LogP contribution in [0, 0.1) is 0 Å². The number of benzene rings is 1. The molecule has 8 heteroatoms. The molecule has 112 valence electrons. The molecule has 0 aliphatic carbocycles. The van der Waals surface area contributed by atoms with E-state index in [2.05, 4.69) is 4.72 Å². The number of rotatable bonds is 4. The lowest BCUT2D eigenvalue weighted by Crippen LogP contribution is -2.34. The number of anilines is 1. The third-order valence-electron chi connectivity index (χ3n) is 3.07. The number of nitrogens with one attached hydrogen (secondary N) is 1. The molecule has 1 aromatic carbocycles. The molecule has 1 aromatic rings. The summed E-state index contributed by atoms with van der Waals surface area (Å²) in [5.74, 6) is -0.197. The highest BCUT2D eigenvalue weighted by Crippen LogP contribution is 2.30. The lowest BCUT2D eigenvalue weighted by Gasteiger charge is -2.17. The molecule has 1 amide bonds. The molecule has 2 rings (SSSR count). The average molecular weight is 320 g/mol. The summed E-state index contributed by atoms with van der Waals surface area (Å²) in [7, 11) is -3.51. The zero-order chi connectivity index (χ0) is 14.0. The van der Waals surface area contributed by atoms with Crippen molar-refractivity contribution < 1.29 is 13.2 Å². The molecule has 0 fully saturated rings. The summed E-state index contributed by atoms with van der Waals surface area (Å²) in [6, 6.07) is 4.85. The molecule has 1 heterocycles. The maximum Gasteiger partial charge on any atom is 0.240 e. The molecule has 1 aliphatic rings. The number of hydrogen-bond donors (Lipinski definition) is 2. The minimum absolute atomic E-state index is 0. The Balaban J connectivity index is 0.00000200. The maximum atomic E-state index is 11.9. The molecule has 0 aromatic heterocycles. The second-order valence-corrected chi connectivity index (χ2v) is 6.06. The maximum absolute atomic E-state index is 11.9. The van der Waals surface area contributed by atoms with Gasteiger partial charge in [-0.25, -0.2) is 13.1 Å². The fourth-order valence-corrected chi connectivity index (χ4v) is 3.23. The molecule has 0 spiro atoms. The summed E-state index contributed by atoms with van der Waals surface area (Å²) in [6.45, 7) is 2.51. The lowest BCUT2D eigenvalue weighted by molar-refractivity contribution is -0.117. The van der Waals surface area contributed by atoms with Crippen molar-refractivity contribution >= 4 is 34.0 Å². The van der Waals surface area contributed by atoms with Crippen LogP contribution in [0.3, 0.4) is 0 Å². The standard InChI is InChI=1S/C12H17N3O3S.ClH/c1-2-14-19(17,18)10-4-3-9-5-6-15(11(9)7-10)12(16)8-13;/h3-4,7,14H,2,5-6,8,13H2,1H3;1H. The van der Waals surface area contributed by atoms with E-state index in [1.807, 2.05) is 0 Å². The van der Waals surface area contributed by atoms with Gasteiger partial charge in [0.05, 0.1) is 11.4 Å². The van der Waals surface area contributed by atoms with E-state index in [1.54, 1.807) is 24.0 Å². The molecular weight excluding hydrogens is 302 g/mol. The lowest BCUT2D eigenvalue weighted by atomic mass is 10.2. The van der Waals surface area contributed by atoms with Crippen LogP contribution in [0.4, 0.5) is 5.69 Å². The number of amides is 1. The number of carbonyl (C=O) groups excluding carboxylic acids is 1. The zero-order valence-electron chi connectivity index (χ0n) is 11.1. The summed E-state index contributed by atoms with van der Waals surface area (Å²) in [5.41, 5.74) is 6.98. The zero-order valence-corrected chi connectivity index (χ0v) is 12.8. The van der Waals surface area contributed by atoms with Gasteiger partial charge in [-0.2, -0.15) is 0 Å². The molecule has 6 nitrogen and oxygen atoms in total. The third-order valence-corrected chi connectivity index (χ3v) is 4.62. The quantitative estimate of drug-likeness (QED) is 0.832. The Morgan fingerprint density at radius 3 is 2.75 bits per heavy atom. The first kappa shape index (κ1) is 16.9. The first-order valence-electron chi connectivity index (χ1n) is 6.12. The van der Waals surface area contributed by atoms with Gasteiger partial charge in [-0.05, 0) is 24.1 Å². The molecule has 0 saturated carbocycles. The van der Waals surface area contributed by atoms with Crippen LogP contribution < -0.4 is 15.4 Å². The minimum Gasteiger partial charge on any atom is -0.322 e. The number of sulfonamides is 1. The number of nitrogens with two attached hydrogens (primary N) is 1. The summed E-state index contributed by atoms with van der Waals surface area (Å²) in [6.07, 6.45) is 0.725. The Hall–Kier alpha value is -1.15. The summed E-state index contributed by atoms with van der Waals surface area (Å²) < 4.78 is 26.3. The number of nitrogens with zero attached hydrogens (tertiary/aromatic N) is 1. The van der Waals surface area contributed by atoms with Crippen LogP contribution in [-0.4, -0.2) is 34.0 Å². The van der Waals surface area contributed by atoms with Crippen LogP contribution in [0.2, 0.25) is 0 Å². The van der Waals surface area contributed by atoms with Crippen LogP contribution in [0.15, 0.2) is 23.1 Å². The van der Waals surface area contributed by atoms with Crippen LogP contribution in [-0.2, 0) is 21.2 Å². The van der Waals surface area contributed by atoms with Crippen molar-refractivity contribution in [2.24, 2.45) is 5.73 Å². The van der Waals surface area contributed by atoms with Crippen LogP contribution in [0.25, 0.3) is 0 Å². The Bertz CT molecular complexity index is 604. The van der Waals surface area contributed by atoms with Crippen LogP contribution in [0.1, 0.15) is 12.5 Å². The smallest absolute Gasteiger partial charge is 0.240 e. The van der Waals surface area contributed by atoms with E-state index in [1.165, 1.54) is 6.07 Å². The number of carbonyl (C=O) groups is 1. The normalized spacial score (nSPS) is 13.8. The first-order valence-corrected chi connectivity index (χ1v) is 7.61. The van der Waals surface area contributed by atoms with E-state index < -0.39 is 10.0 Å². The van der Waals surface area contributed by atoms with Crippen molar-refractivity contribution in [2.75, 3.05) is 24.5 Å². The molecule has 0 unspecified atom stereocenters. The second kappa shape index (κ2) is 6.53. The van der Waals surface area contributed by atoms with E-state index in [9.17, 15) is 13.2 Å². The largest absolute Gasteiger partial charge is 0.322 e. The third kappa shape index (κ3) is 3.12. The van der Waals surface area contributed by atoms with E-state index in [4.69, 9.17) is 5.73 Å². The SMILES string of the molecule is CCNS(=O)(=O)c1ccc2c(c1)N(C(=O)CN)CC2.Cl. The number of halogens is 1. The Labute approximate surface area is 124 Å². The van der Waals surface area contributed by atoms with E-state index >= 15 is 0 Å². The van der Waals surface area contributed by atoms with Gasteiger partial charge in [0, 0.05) is 18.8 Å². The van der Waals surface area contributed by atoms with E-state index in [0.29, 0.717) is 18.8 Å². The van der Waals surface area contributed by atoms with Crippen molar-refractivity contribution in [3.05, 3.63) is 23.8 Å². The predicted molar refractivity (Wildman–Crippen MR) is 79.7 cm³/mol. The summed E-state index contributed by atoms with van der Waals surface area (Å²) in [5, 5.41) is 0. The van der Waals surface area contributed by atoms with E-state index in [-0.39, 0.29) is 29.8 Å². The van der Waals surface area contributed by atoms with Crippen molar-refractivity contribution in [1.82, 2.24) is 4.72 Å². The van der Waals surface area contributed by atoms with Gasteiger partial charge in [0.2, 0.25) is 15.9 Å². The van der Waals surface area contributed by atoms with Gasteiger partial charge in [-0.15, -0.1) is 12.4 Å². The van der Waals surface area contributed by atoms with Crippen molar-refractivity contribution in [3.8, 4) is 0 Å². The highest BCUT2D eigenvalue weighted by Gasteiger charge is 2.25. The second-order valence-electron chi connectivity index (χ2n) is 4.29. The van der Waals surface area contributed by atoms with Crippen molar-refractivity contribution in [3.63, 3.8) is 0 Å². The van der Waals surface area contributed by atoms with Gasteiger partial charge in [-0.3, -0.25) is 4.79 Å². The van der Waals surface area contributed by atoms with Gasteiger partial charge in [-0.1, -0.05) is 13.0 Å². The van der Waals surface area contributed by atoms with Crippen molar-refractivity contribution in [2.45, 2.75) is 18.2 Å². The molecular formula is C12H18ClN3O3S. The average Bonchev–Trinajstić information content (AvgIpc) is 2.80. The number of fused-ring (bicyclic) bond motifs is 1. The molecule has 1 aliphatic heterocycles. The summed E-state index contributed by atoms with van der Waals surface area (Å²) >= 11 is 0. The highest BCUT2D eigenvalue weighted by atomic mass is 35.5. The fourth-order valence-electron chi connectivity index (χ4n) is 2.17. The van der Waals surface area contributed by atoms with Crippen LogP contribution >= 0.6 is 12.4 Å². The van der Waals surface area contributed by atoms with Gasteiger partial charge in [0.25, 0.3) is 0 Å². The van der Waals surface area contributed by atoms with Gasteiger partial charge < -0.3 is 10.6 Å². The summed E-state index contributed by atoms with van der Waals surface area (Å²) in [4.78, 5) is 13.4. The first-order chi connectivity index (χ1) is 8.99. The molecule has 20 heavy (non-hydrogen) atoms. The Morgan fingerprint density at radius 2 is 2.15 bits per heavy atom. The predicted octanol–water partition coefficient (Wildman–Crippen LogP) is 0.254. The fraction of sp³-hybridized carbons (Fsp3) is 0.417. The monoisotopic (exact) mass is 319 g/mol. The van der Waals surface area contributed by atoms with E-state index in [0.717, 1.165) is 12.0 Å². The molecule has 3 N–H and O–H groups in total. The topological polar surface area (TPSA) is 92.5 Å². The van der Waals surface area contributed by atoms with Gasteiger partial charge in [0.1, 0.15) is 0 Å². The molecule has 0 radical (unpaired) electrons.